The molecule has 0 radical (unpaired) electrons. The highest BCUT2D eigenvalue weighted by Gasteiger charge is 2.28. The number of nitrogens with zero attached hydrogens (tertiary/aromatic N) is 4. The van der Waals surface area contributed by atoms with E-state index in [4.69, 9.17) is 4.74 Å². The van der Waals surface area contributed by atoms with Crippen LogP contribution in [0.25, 0.3) is 0 Å². The summed E-state index contributed by atoms with van der Waals surface area (Å²) in [5, 5.41) is 2.92. The highest BCUT2D eigenvalue weighted by molar-refractivity contribution is 5.39. The molecule has 17 heavy (non-hydrogen) atoms. The van der Waals surface area contributed by atoms with Gasteiger partial charge >= 0.3 is 6.01 Å². The Morgan fingerprint density at radius 3 is 2.35 bits per heavy atom. The first-order valence-electron chi connectivity index (χ1n) is 5.86. The van der Waals surface area contributed by atoms with Crippen LogP contribution in [0.5, 0.6) is 6.01 Å². The molecule has 1 aromatic rings. The van der Waals surface area contributed by atoms with E-state index in [-0.39, 0.29) is 0 Å². The van der Waals surface area contributed by atoms with Crippen LogP contribution >= 0.6 is 0 Å². The van der Waals surface area contributed by atoms with Crippen molar-refractivity contribution in [3.8, 4) is 6.01 Å². The number of aromatic nitrogens is 3. The molecule has 1 aromatic heterocycles. The molecule has 1 N–H and O–H groups in total. The number of anilines is 2. The Kier molecular flexibility index (Phi) is 3.31. The van der Waals surface area contributed by atoms with Crippen molar-refractivity contribution in [2.75, 3.05) is 37.5 Å². The summed E-state index contributed by atoms with van der Waals surface area (Å²) < 4.78 is 5.08. The summed E-state index contributed by atoms with van der Waals surface area (Å²) in [7, 11) is 3.35. The quantitative estimate of drug-likeness (QED) is 0.846. The van der Waals surface area contributed by atoms with Crippen molar-refractivity contribution in [2.24, 2.45) is 11.8 Å². The number of hydrogen-bond donors (Lipinski definition) is 1. The van der Waals surface area contributed by atoms with Gasteiger partial charge in [-0.15, -0.1) is 0 Å². The number of hydrogen-bond acceptors (Lipinski definition) is 6. The molecular formula is C11H19N5O. The maximum absolute atomic E-state index is 5.08. The van der Waals surface area contributed by atoms with Gasteiger partial charge < -0.3 is 15.0 Å². The Labute approximate surface area is 101 Å². The van der Waals surface area contributed by atoms with Gasteiger partial charge in [0, 0.05) is 20.1 Å². The lowest BCUT2D eigenvalue weighted by atomic mass is 10.0. The van der Waals surface area contributed by atoms with Crippen LogP contribution in [0.1, 0.15) is 13.8 Å². The van der Waals surface area contributed by atoms with Crippen molar-refractivity contribution in [1.82, 2.24) is 15.0 Å². The summed E-state index contributed by atoms with van der Waals surface area (Å²) in [4.78, 5) is 14.9. The molecule has 94 valence electrons. The minimum atomic E-state index is 0.353. The Bertz CT molecular complexity index is 365. The van der Waals surface area contributed by atoms with Gasteiger partial charge in [-0.3, -0.25) is 0 Å². The topological polar surface area (TPSA) is 63.2 Å². The molecule has 6 nitrogen and oxygen atoms in total. The Balaban J connectivity index is 2.26. The highest BCUT2D eigenvalue weighted by atomic mass is 16.5. The van der Waals surface area contributed by atoms with E-state index >= 15 is 0 Å². The second-order valence-electron chi connectivity index (χ2n) is 4.56. The van der Waals surface area contributed by atoms with Gasteiger partial charge in [-0.2, -0.15) is 15.0 Å². The van der Waals surface area contributed by atoms with Crippen LogP contribution in [0.3, 0.4) is 0 Å². The fourth-order valence-electron chi connectivity index (χ4n) is 1.98. The normalized spacial score (nSPS) is 23.9. The molecule has 2 rings (SSSR count). The van der Waals surface area contributed by atoms with E-state index in [1.165, 1.54) is 0 Å². The molecule has 2 unspecified atom stereocenters. The lowest BCUT2D eigenvalue weighted by molar-refractivity contribution is 0.379. The molecule has 1 aliphatic heterocycles. The number of rotatable bonds is 3. The average Bonchev–Trinajstić information content (AvgIpc) is 2.69. The Hall–Kier alpha value is -1.59. The third-order valence-corrected chi connectivity index (χ3v) is 3.28. The van der Waals surface area contributed by atoms with Crippen LogP contribution in [0, 0.1) is 11.8 Å². The van der Waals surface area contributed by atoms with Gasteiger partial charge in [0.25, 0.3) is 0 Å². The Morgan fingerprint density at radius 2 is 1.82 bits per heavy atom. The van der Waals surface area contributed by atoms with Gasteiger partial charge in [0.15, 0.2) is 0 Å². The fraction of sp³-hybridized carbons (Fsp3) is 0.727. The van der Waals surface area contributed by atoms with Gasteiger partial charge in [-0.1, -0.05) is 13.8 Å². The van der Waals surface area contributed by atoms with Gasteiger partial charge in [-0.25, -0.2) is 0 Å². The van der Waals surface area contributed by atoms with Crippen molar-refractivity contribution < 1.29 is 4.74 Å². The minimum absolute atomic E-state index is 0.353. The zero-order valence-electron chi connectivity index (χ0n) is 10.8. The van der Waals surface area contributed by atoms with Gasteiger partial charge in [0.1, 0.15) is 0 Å². The maximum atomic E-state index is 5.08. The van der Waals surface area contributed by atoms with Crippen LogP contribution in [-0.4, -0.2) is 42.2 Å². The molecule has 0 bridgehead atoms. The summed E-state index contributed by atoms with van der Waals surface area (Å²) in [6.45, 7) is 6.47. The largest absolute Gasteiger partial charge is 0.467 e. The highest BCUT2D eigenvalue weighted by Crippen LogP contribution is 2.26. The minimum Gasteiger partial charge on any atom is -0.467 e. The van der Waals surface area contributed by atoms with Gasteiger partial charge in [-0.05, 0) is 11.8 Å². The predicted octanol–water partition coefficient (Wildman–Crippen LogP) is 1.01. The maximum Gasteiger partial charge on any atom is 0.322 e. The average molecular weight is 237 g/mol. The van der Waals surface area contributed by atoms with E-state index < -0.39 is 0 Å². The zero-order valence-corrected chi connectivity index (χ0v) is 10.8. The second-order valence-corrected chi connectivity index (χ2v) is 4.56. The van der Waals surface area contributed by atoms with Crippen LogP contribution in [-0.2, 0) is 0 Å². The van der Waals surface area contributed by atoms with Crippen LogP contribution in [0.15, 0.2) is 0 Å². The predicted molar refractivity (Wildman–Crippen MR) is 66.5 cm³/mol. The van der Waals surface area contributed by atoms with E-state index in [1.54, 1.807) is 14.2 Å². The number of methoxy groups -OCH3 is 1. The Morgan fingerprint density at radius 1 is 1.18 bits per heavy atom. The van der Waals surface area contributed by atoms with E-state index in [1.807, 2.05) is 0 Å². The summed E-state index contributed by atoms with van der Waals surface area (Å²) in [5.41, 5.74) is 0. The molecule has 0 spiro atoms. The molecule has 2 atom stereocenters. The van der Waals surface area contributed by atoms with E-state index in [0.29, 0.717) is 29.7 Å². The summed E-state index contributed by atoms with van der Waals surface area (Å²) in [6, 6.07) is 0.353. The smallest absolute Gasteiger partial charge is 0.322 e. The first-order valence-corrected chi connectivity index (χ1v) is 5.86. The molecule has 0 aromatic carbocycles. The summed E-state index contributed by atoms with van der Waals surface area (Å²) >= 11 is 0. The first kappa shape index (κ1) is 11.9. The lowest BCUT2D eigenvalue weighted by Gasteiger charge is -2.16. The SMILES string of the molecule is CNc1nc(OC)nc(N2CC(C)C(C)C2)n1. The van der Waals surface area contributed by atoms with Crippen molar-refractivity contribution in [3.63, 3.8) is 0 Å². The van der Waals surface area contributed by atoms with E-state index in [2.05, 4.69) is 39.0 Å². The molecule has 0 saturated carbocycles. The van der Waals surface area contributed by atoms with Gasteiger partial charge in [0.2, 0.25) is 11.9 Å². The van der Waals surface area contributed by atoms with Crippen molar-refractivity contribution >= 4 is 11.9 Å². The van der Waals surface area contributed by atoms with E-state index in [9.17, 15) is 0 Å². The summed E-state index contributed by atoms with van der Waals surface area (Å²) in [5.74, 6) is 2.56. The third-order valence-electron chi connectivity index (χ3n) is 3.28. The number of nitrogens with one attached hydrogen (secondary N) is 1. The lowest BCUT2D eigenvalue weighted by Crippen LogP contribution is -2.23. The second kappa shape index (κ2) is 4.73. The number of ether oxygens (including phenoxy) is 1. The van der Waals surface area contributed by atoms with Crippen molar-refractivity contribution in [1.29, 1.82) is 0 Å². The molecule has 0 amide bonds. The molecule has 2 heterocycles. The monoisotopic (exact) mass is 237 g/mol. The first-order chi connectivity index (χ1) is 8.13. The third kappa shape index (κ3) is 2.40. The van der Waals surface area contributed by atoms with Crippen molar-refractivity contribution in [2.45, 2.75) is 13.8 Å². The van der Waals surface area contributed by atoms with Crippen LogP contribution < -0.4 is 15.0 Å². The standard InChI is InChI=1S/C11H19N5O/c1-7-5-16(6-8(7)2)10-13-9(12-3)14-11(15-10)17-4/h7-8H,5-6H2,1-4H3,(H,12,13,14,15). The molecule has 0 aliphatic carbocycles. The zero-order chi connectivity index (χ0) is 12.4. The van der Waals surface area contributed by atoms with Gasteiger partial charge in [0.05, 0.1) is 7.11 Å². The van der Waals surface area contributed by atoms with Crippen LogP contribution in [0.4, 0.5) is 11.9 Å². The molecular weight excluding hydrogens is 218 g/mol. The molecule has 6 heteroatoms. The molecule has 1 saturated heterocycles. The van der Waals surface area contributed by atoms with Crippen LogP contribution in [0.2, 0.25) is 0 Å². The van der Waals surface area contributed by atoms with Crippen molar-refractivity contribution in [3.05, 3.63) is 0 Å². The summed E-state index contributed by atoms with van der Waals surface area (Å²) in [6.07, 6.45) is 0. The molecule has 1 aliphatic rings. The fourth-order valence-corrected chi connectivity index (χ4v) is 1.98. The molecule has 1 fully saturated rings. The van der Waals surface area contributed by atoms with E-state index in [0.717, 1.165) is 13.1 Å².